The number of hydrogen-bond acceptors (Lipinski definition) is 5. The molecule has 3 aliphatic heterocycles. The van der Waals surface area contributed by atoms with Gasteiger partial charge < -0.3 is 24.7 Å². The third kappa shape index (κ3) is 3.85. The normalized spacial score (nSPS) is 32.9. The first-order valence-electron chi connectivity index (χ1n) is 12.1. The molecule has 3 saturated heterocycles. The third-order valence-electron chi connectivity index (χ3n) is 7.68. The Morgan fingerprint density at radius 3 is 2.59 bits per heavy atom. The second-order valence-corrected chi connectivity index (χ2v) is 9.41. The molecule has 8 nitrogen and oxygen atoms in total. The highest BCUT2D eigenvalue weighted by molar-refractivity contribution is 5.98. The molecule has 32 heavy (non-hydrogen) atoms. The summed E-state index contributed by atoms with van der Waals surface area (Å²) in [5.74, 6) is -3.30. The molecule has 0 aliphatic carbocycles. The number of aliphatic hydroxyl groups excluding tert-OH is 1. The number of aliphatic hydroxyl groups is 1. The maximum Gasteiger partial charge on any atom is 0.310 e. The van der Waals surface area contributed by atoms with Gasteiger partial charge in [0.05, 0.1) is 11.5 Å². The van der Waals surface area contributed by atoms with E-state index in [9.17, 15) is 24.6 Å². The van der Waals surface area contributed by atoms with Crippen LogP contribution < -0.4 is 0 Å². The van der Waals surface area contributed by atoms with Crippen molar-refractivity contribution in [2.75, 3.05) is 26.2 Å². The molecule has 2 bridgehead atoms. The molecule has 0 aromatic heterocycles. The summed E-state index contributed by atoms with van der Waals surface area (Å²) in [5.41, 5.74) is -2.00. The first-order valence-corrected chi connectivity index (χ1v) is 12.1. The van der Waals surface area contributed by atoms with Crippen LogP contribution in [0, 0.1) is 11.8 Å². The number of fused-ring (bicyclic) bond motifs is 1. The predicted molar refractivity (Wildman–Crippen MR) is 119 cm³/mol. The molecule has 0 saturated carbocycles. The lowest BCUT2D eigenvalue weighted by atomic mass is 9.65. The smallest absolute Gasteiger partial charge is 0.310 e. The van der Waals surface area contributed by atoms with Gasteiger partial charge in [0.2, 0.25) is 11.8 Å². The van der Waals surface area contributed by atoms with Crippen LogP contribution in [0.1, 0.15) is 65.2 Å². The van der Waals surface area contributed by atoms with Gasteiger partial charge in [0.15, 0.2) is 0 Å². The summed E-state index contributed by atoms with van der Waals surface area (Å²) in [6, 6.07) is -0.835. The highest BCUT2D eigenvalue weighted by Crippen LogP contribution is 2.64. The summed E-state index contributed by atoms with van der Waals surface area (Å²) in [6.45, 7) is 9.03. The van der Waals surface area contributed by atoms with E-state index in [2.05, 4.69) is 13.5 Å². The summed E-state index contributed by atoms with van der Waals surface area (Å²) in [4.78, 5) is 43.1. The molecule has 2 amide bonds. The van der Waals surface area contributed by atoms with E-state index in [1.54, 1.807) is 15.9 Å². The van der Waals surface area contributed by atoms with Gasteiger partial charge in [-0.25, -0.2) is 0 Å². The molecule has 3 aliphatic rings. The number of carbonyl (C=O) groups is 3. The Morgan fingerprint density at radius 2 is 2.00 bits per heavy atom. The van der Waals surface area contributed by atoms with Gasteiger partial charge in [-0.2, -0.15) is 0 Å². The monoisotopic (exact) mass is 450 g/mol. The van der Waals surface area contributed by atoms with Crippen LogP contribution in [0.25, 0.3) is 0 Å². The van der Waals surface area contributed by atoms with Crippen LogP contribution >= 0.6 is 0 Å². The van der Waals surface area contributed by atoms with Crippen LogP contribution in [0.3, 0.4) is 0 Å². The van der Waals surface area contributed by atoms with Gasteiger partial charge in [-0.05, 0) is 38.5 Å². The van der Waals surface area contributed by atoms with Gasteiger partial charge in [-0.3, -0.25) is 14.4 Å². The van der Waals surface area contributed by atoms with Crippen molar-refractivity contribution in [3.05, 3.63) is 12.7 Å². The van der Waals surface area contributed by atoms with Gasteiger partial charge in [0, 0.05) is 26.2 Å². The predicted octanol–water partition coefficient (Wildman–Crippen LogP) is 2.20. The van der Waals surface area contributed by atoms with Crippen LogP contribution in [-0.4, -0.2) is 81.3 Å². The zero-order valence-corrected chi connectivity index (χ0v) is 19.4. The lowest BCUT2D eigenvalue weighted by Crippen LogP contribution is -2.56. The third-order valence-corrected chi connectivity index (χ3v) is 7.68. The van der Waals surface area contributed by atoms with Crippen LogP contribution in [0.5, 0.6) is 0 Å². The Morgan fingerprint density at radius 1 is 1.25 bits per heavy atom. The fraction of sp³-hybridized carbons (Fsp3) is 0.792. The molecule has 2 unspecified atom stereocenters. The lowest BCUT2D eigenvalue weighted by molar-refractivity contribution is -0.157. The fourth-order valence-corrected chi connectivity index (χ4v) is 6.18. The molecule has 2 N–H and O–H groups in total. The van der Waals surface area contributed by atoms with Gasteiger partial charge in [0.25, 0.3) is 0 Å². The second-order valence-electron chi connectivity index (χ2n) is 9.41. The minimum atomic E-state index is -1.10. The molecular weight excluding hydrogens is 412 g/mol. The number of hydrogen-bond donors (Lipinski definition) is 2. The zero-order chi connectivity index (χ0) is 23.5. The molecule has 3 heterocycles. The Hall–Kier alpha value is -1.93. The maximum atomic E-state index is 13.9. The summed E-state index contributed by atoms with van der Waals surface area (Å²) in [6.07, 6.45) is 7.16. The van der Waals surface area contributed by atoms with E-state index in [1.807, 2.05) is 6.92 Å². The number of amides is 2. The van der Waals surface area contributed by atoms with E-state index in [4.69, 9.17) is 4.74 Å². The Bertz CT molecular complexity index is 742. The van der Waals surface area contributed by atoms with Crippen LogP contribution in [0.2, 0.25) is 0 Å². The summed E-state index contributed by atoms with van der Waals surface area (Å²) in [7, 11) is 0. The van der Waals surface area contributed by atoms with E-state index >= 15 is 0 Å². The van der Waals surface area contributed by atoms with E-state index in [0.29, 0.717) is 51.7 Å². The number of likely N-dealkylation sites (tertiary alicyclic amines) is 1. The highest BCUT2D eigenvalue weighted by Gasteiger charge is 2.78. The number of ether oxygens (including phenoxy) is 1. The van der Waals surface area contributed by atoms with Gasteiger partial charge in [0.1, 0.15) is 17.6 Å². The van der Waals surface area contributed by atoms with Crippen molar-refractivity contribution in [3.63, 3.8) is 0 Å². The number of nitrogens with zero attached hydrogens (tertiary/aromatic N) is 2. The van der Waals surface area contributed by atoms with Crippen molar-refractivity contribution in [3.8, 4) is 0 Å². The molecule has 3 rings (SSSR count). The summed E-state index contributed by atoms with van der Waals surface area (Å²) >= 11 is 0. The van der Waals surface area contributed by atoms with Crippen LogP contribution in [-0.2, 0) is 19.1 Å². The molecule has 3 fully saturated rings. The number of carboxylic acids is 1. The van der Waals surface area contributed by atoms with Crippen molar-refractivity contribution >= 4 is 17.8 Å². The molecule has 0 aromatic carbocycles. The van der Waals surface area contributed by atoms with E-state index in [1.165, 1.54) is 0 Å². The van der Waals surface area contributed by atoms with Crippen molar-refractivity contribution in [2.24, 2.45) is 11.8 Å². The van der Waals surface area contributed by atoms with Gasteiger partial charge in [-0.1, -0.05) is 32.8 Å². The first-order chi connectivity index (χ1) is 15.3. The number of unbranched alkanes of at least 4 members (excludes halogenated alkanes) is 3. The van der Waals surface area contributed by atoms with Crippen LogP contribution in [0.15, 0.2) is 12.7 Å². The average molecular weight is 451 g/mol. The largest absolute Gasteiger partial charge is 0.481 e. The van der Waals surface area contributed by atoms with E-state index in [0.717, 1.165) is 19.3 Å². The molecule has 0 aromatic rings. The quantitative estimate of drug-likeness (QED) is 0.329. The fourth-order valence-electron chi connectivity index (χ4n) is 6.18. The number of rotatable bonds is 13. The minimum Gasteiger partial charge on any atom is -0.481 e. The second kappa shape index (κ2) is 9.91. The highest BCUT2D eigenvalue weighted by atomic mass is 16.5. The van der Waals surface area contributed by atoms with Gasteiger partial charge >= 0.3 is 5.97 Å². The van der Waals surface area contributed by atoms with Crippen molar-refractivity contribution < 1.29 is 29.3 Å². The lowest BCUT2D eigenvalue weighted by Gasteiger charge is -2.37. The van der Waals surface area contributed by atoms with Crippen LogP contribution in [0.4, 0.5) is 0 Å². The zero-order valence-electron chi connectivity index (χ0n) is 19.4. The average Bonchev–Trinajstić information content (AvgIpc) is 3.37. The number of carboxylic acid groups (broad SMARTS) is 1. The molecule has 1 spiro atoms. The molecule has 5 atom stereocenters. The summed E-state index contributed by atoms with van der Waals surface area (Å²) in [5, 5.41) is 19.3. The van der Waals surface area contributed by atoms with Crippen molar-refractivity contribution in [2.45, 2.75) is 82.5 Å². The molecule has 8 heteroatoms. The Balaban J connectivity index is 2.00. The Kier molecular flexibility index (Phi) is 7.65. The van der Waals surface area contributed by atoms with Crippen molar-refractivity contribution in [1.29, 1.82) is 0 Å². The van der Waals surface area contributed by atoms with E-state index in [-0.39, 0.29) is 18.4 Å². The number of carbonyl (C=O) groups excluding carboxylic acids is 2. The van der Waals surface area contributed by atoms with Gasteiger partial charge in [-0.15, -0.1) is 6.58 Å². The topological polar surface area (TPSA) is 107 Å². The molecular formula is C24H38N2O6. The standard InChI is InChI=1S/C24H38N2O6/c1-4-7-8-14-25(13-5-2)21(29)19-24-12-11-23(6-3,32-24)18(22(30)31)17(24)20(28)26(19)15-9-10-16-27/h5,17-19,27H,2,4,6-16H2,1,3H3,(H,30,31)/t17-,18+,19?,23-,24?/m0/s1. The SMILES string of the molecule is C=CCN(CCCCC)C(=O)C1N(CCCCO)C(=O)[C@@H]2[C@H](C(=O)O)[C@]3(CC)CCC12O3. The summed E-state index contributed by atoms with van der Waals surface area (Å²) < 4.78 is 6.52. The molecule has 0 radical (unpaired) electrons. The Labute approximate surface area is 190 Å². The molecule has 180 valence electrons. The number of aliphatic carboxylic acids is 1. The van der Waals surface area contributed by atoms with E-state index < -0.39 is 35.0 Å². The minimum absolute atomic E-state index is 0.00200. The maximum absolute atomic E-state index is 13.9. The first kappa shape index (κ1) is 24.7. The van der Waals surface area contributed by atoms with Crippen molar-refractivity contribution in [1.82, 2.24) is 9.80 Å².